The Morgan fingerprint density at radius 2 is 1.93 bits per heavy atom. The average molecular weight is 393 g/mol. The van der Waals surface area contributed by atoms with Crippen LogP contribution < -0.4 is 5.32 Å². The molecule has 0 spiro atoms. The highest BCUT2D eigenvalue weighted by molar-refractivity contribution is 7.99. The van der Waals surface area contributed by atoms with Crippen LogP contribution in [-0.2, 0) is 4.79 Å². The van der Waals surface area contributed by atoms with E-state index in [-0.39, 0.29) is 17.3 Å². The molecule has 2 heterocycles. The summed E-state index contributed by atoms with van der Waals surface area (Å²) in [5.74, 6) is -0.0907. The van der Waals surface area contributed by atoms with Gasteiger partial charge in [0.2, 0.25) is 5.91 Å². The Hall–Kier alpha value is -3.46. The number of nitro groups is 1. The quantitative estimate of drug-likeness (QED) is 0.314. The zero-order chi connectivity index (χ0) is 19.7. The molecule has 9 heteroatoms. The van der Waals surface area contributed by atoms with E-state index in [1.807, 2.05) is 41.7 Å². The van der Waals surface area contributed by atoms with Crippen LogP contribution in [0, 0.1) is 17.0 Å². The SMILES string of the molecule is Cc1cc2nnc(SCC(=O)Nc3ccc([N+](=O)[O-])cc3)n2c2ccccc12. The van der Waals surface area contributed by atoms with Gasteiger partial charge < -0.3 is 5.32 Å². The van der Waals surface area contributed by atoms with Gasteiger partial charge in [0.1, 0.15) is 0 Å². The summed E-state index contributed by atoms with van der Waals surface area (Å²) < 4.78 is 1.94. The maximum absolute atomic E-state index is 12.3. The maximum atomic E-state index is 12.3. The van der Waals surface area contributed by atoms with E-state index in [2.05, 4.69) is 15.5 Å². The third-order valence-corrected chi connectivity index (χ3v) is 5.20. The fourth-order valence-corrected chi connectivity index (χ4v) is 3.71. The lowest BCUT2D eigenvalue weighted by Gasteiger charge is -2.07. The van der Waals surface area contributed by atoms with Crippen molar-refractivity contribution in [3.05, 3.63) is 70.3 Å². The van der Waals surface area contributed by atoms with E-state index in [9.17, 15) is 14.9 Å². The summed E-state index contributed by atoms with van der Waals surface area (Å²) in [5, 5.41) is 23.6. The Kier molecular flexibility index (Phi) is 4.66. The molecule has 4 rings (SSSR count). The number of nitrogens with one attached hydrogen (secondary N) is 1. The normalized spacial score (nSPS) is 11.0. The average Bonchev–Trinajstić information content (AvgIpc) is 3.10. The summed E-state index contributed by atoms with van der Waals surface area (Å²) in [4.78, 5) is 22.5. The summed E-state index contributed by atoms with van der Waals surface area (Å²) in [6, 6.07) is 15.7. The number of anilines is 1. The van der Waals surface area contributed by atoms with Gasteiger partial charge in [-0.15, -0.1) is 10.2 Å². The molecule has 1 N–H and O–H groups in total. The highest BCUT2D eigenvalue weighted by atomic mass is 32.2. The lowest BCUT2D eigenvalue weighted by molar-refractivity contribution is -0.384. The third kappa shape index (κ3) is 3.39. The molecule has 0 radical (unpaired) electrons. The lowest BCUT2D eigenvalue weighted by atomic mass is 10.1. The van der Waals surface area contributed by atoms with Crippen molar-refractivity contribution in [2.45, 2.75) is 12.1 Å². The fraction of sp³-hybridized carbons (Fsp3) is 0.105. The second-order valence-corrected chi connectivity index (χ2v) is 7.10. The van der Waals surface area contributed by atoms with Crippen LogP contribution in [0.2, 0.25) is 0 Å². The van der Waals surface area contributed by atoms with Crippen LogP contribution in [0.15, 0.2) is 59.8 Å². The molecule has 0 saturated carbocycles. The third-order valence-electron chi connectivity index (χ3n) is 4.27. The Morgan fingerprint density at radius 1 is 1.18 bits per heavy atom. The van der Waals surface area contributed by atoms with Gasteiger partial charge in [0.25, 0.3) is 5.69 Å². The summed E-state index contributed by atoms with van der Waals surface area (Å²) in [5.41, 5.74) is 3.31. The number of nitrogens with zero attached hydrogens (tertiary/aromatic N) is 4. The van der Waals surface area contributed by atoms with Crippen LogP contribution in [0.4, 0.5) is 11.4 Å². The minimum atomic E-state index is -0.482. The van der Waals surface area contributed by atoms with Crippen molar-refractivity contribution < 1.29 is 9.72 Å². The summed E-state index contributed by atoms with van der Waals surface area (Å²) in [6.45, 7) is 2.03. The molecule has 2 aromatic carbocycles. The number of aromatic nitrogens is 3. The number of para-hydroxylation sites is 1. The number of carbonyl (C=O) groups excluding carboxylic acids is 1. The van der Waals surface area contributed by atoms with Gasteiger partial charge in [-0.05, 0) is 36.8 Å². The van der Waals surface area contributed by atoms with E-state index in [1.54, 1.807) is 0 Å². The van der Waals surface area contributed by atoms with E-state index >= 15 is 0 Å². The van der Waals surface area contributed by atoms with E-state index in [4.69, 9.17) is 0 Å². The molecule has 0 unspecified atom stereocenters. The van der Waals surface area contributed by atoms with Crippen LogP contribution in [-0.4, -0.2) is 31.2 Å². The molecule has 0 atom stereocenters. The molecule has 0 aliphatic carbocycles. The number of hydrogen-bond donors (Lipinski definition) is 1. The van der Waals surface area contributed by atoms with Gasteiger partial charge in [-0.25, -0.2) is 0 Å². The molecule has 2 aromatic heterocycles. The standard InChI is InChI=1S/C19H15N5O3S/c1-12-10-17-21-22-19(23(17)16-5-3-2-4-15(12)16)28-11-18(25)20-13-6-8-14(9-7-13)24(26)27/h2-10H,11H2,1H3,(H,20,25). The van der Waals surface area contributed by atoms with Gasteiger partial charge in [-0.3, -0.25) is 19.3 Å². The first-order valence-corrected chi connectivity index (χ1v) is 9.42. The van der Waals surface area contributed by atoms with Gasteiger partial charge in [0.15, 0.2) is 10.8 Å². The van der Waals surface area contributed by atoms with Gasteiger partial charge in [-0.1, -0.05) is 30.0 Å². The van der Waals surface area contributed by atoms with Crippen molar-refractivity contribution in [1.29, 1.82) is 0 Å². The van der Waals surface area contributed by atoms with Crippen molar-refractivity contribution >= 4 is 45.6 Å². The molecular weight excluding hydrogens is 378 g/mol. The molecule has 0 bridgehead atoms. The van der Waals surface area contributed by atoms with E-state index in [0.717, 1.165) is 22.1 Å². The number of carbonyl (C=O) groups is 1. The topological polar surface area (TPSA) is 102 Å². The van der Waals surface area contributed by atoms with Gasteiger partial charge in [-0.2, -0.15) is 0 Å². The molecule has 0 saturated heterocycles. The monoisotopic (exact) mass is 393 g/mol. The number of amides is 1. The van der Waals surface area contributed by atoms with Crippen LogP contribution in [0.5, 0.6) is 0 Å². The zero-order valence-electron chi connectivity index (χ0n) is 14.8. The Morgan fingerprint density at radius 3 is 2.68 bits per heavy atom. The molecule has 0 aliphatic heterocycles. The van der Waals surface area contributed by atoms with Crippen LogP contribution in [0.1, 0.15) is 5.56 Å². The first-order valence-electron chi connectivity index (χ1n) is 8.43. The summed E-state index contributed by atoms with van der Waals surface area (Å²) in [7, 11) is 0. The van der Waals surface area contributed by atoms with Gasteiger partial charge in [0, 0.05) is 23.2 Å². The molecule has 4 aromatic rings. The van der Waals surface area contributed by atoms with Crippen molar-refractivity contribution in [2.24, 2.45) is 0 Å². The molecule has 1 amide bonds. The Labute approximate surface area is 163 Å². The molecule has 0 aliphatic rings. The predicted octanol–water partition coefficient (Wildman–Crippen LogP) is 3.83. The molecular formula is C19H15N5O3S. The van der Waals surface area contributed by atoms with E-state index < -0.39 is 4.92 Å². The fourth-order valence-electron chi connectivity index (χ4n) is 2.96. The van der Waals surface area contributed by atoms with E-state index in [0.29, 0.717) is 10.8 Å². The van der Waals surface area contributed by atoms with Crippen molar-refractivity contribution in [3.63, 3.8) is 0 Å². The van der Waals surface area contributed by atoms with E-state index in [1.165, 1.54) is 36.0 Å². The first-order chi connectivity index (χ1) is 13.5. The van der Waals surface area contributed by atoms with Crippen molar-refractivity contribution in [1.82, 2.24) is 14.6 Å². The minimum absolute atomic E-state index is 0.0236. The van der Waals surface area contributed by atoms with Crippen LogP contribution in [0.3, 0.4) is 0 Å². The van der Waals surface area contributed by atoms with Gasteiger partial charge >= 0.3 is 0 Å². The second kappa shape index (κ2) is 7.28. The number of pyridine rings is 1. The van der Waals surface area contributed by atoms with Crippen molar-refractivity contribution in [2.75, 3.05) is 11.1 Å². The second-order valence-electron chi connectivity index (χ2n) is 6.16. The number of rotatable bonds is 5. The largest absolute Gasteiger partial charge is 0.325 e. The van der Waals surface area contributed by atoms with Gasteiger partial charge in [0.05, 0.1) is 16.2 Å². The zero-order valence-corrected chi connectivity index (χ0v) is 15.6. The van der Waals surface area contributed by atoms with Crippen LogP contribution >= 0.6 is 11.8 Å². The maximum Gasteiger partial charge on any atom is 0.269 e. The smallest absolute Gasteiger partial charge is 0.269 e. The minimum Gasteiger partial charge on any atom is -0.325 e. The number of thioether (sulfide) groups is 1. The first kappa shape index (κ1) is 17.9. The summed E-state index contributed by atoms with van der Waals surface area (Å²) >= 11 is 1.28. The predicted molar refractivity (Wildman–Crippen MR) is 108 cm³/mol. The molecule has 8 nitrogen and oxygen atoms in total. The highest BCUT2D eigenvalue weighted by Gasteiger charge is 2.13. The number of benzene rings is 2. The van der Waals surface area contributed by atoms with Crippen LogP contribution in [0.25, 0.3) is 16.6 Å². The Balaban J connectivity index is 1.52. The number of aryl methyl sites for hydroxylation is 1. The molecule has 140 valence electrons. The Bertz CT molecular complexity index is 1200. The lowest BCUT2D eigenvalue weighted by Crippen LogP contribution is -2.14. The molecule has 28 heavy (non-hydrogen) atoms. The highest BCUT2D eigenvalue weighted by Crippen LogP contribution is 2.26. The van der Waals surface area contributed by atoms with Crippen molar-refractivity contribution in [3.8, 4) is 0 Å². The molecule has 0 fully saturated rings. The number of non-ortho nitro benzene ring substituents is 1. The number of fused-ring (bicyclic) bond motifs is 3. The summed E-state index contributed by atoms with van der Waals surface area (Å²) in [6.07, 6.45) is 0. The number of nitro benzene ring substituents is 1. The number of hydrogen-bond acceptors (Lipinski definition) is 6.